The molecule has 3 N–H and O–H groups in total. The Labute approximate surface area is 154 Å². The number of nitrogens with zero attached hydrogens (tertiary/aromatic N) is 3. The Morgan fingerprint density at radius 2 is 2.04 bits per heavy atom. The van der Waals surface area contributed by atoms with E-state index in [-0.39, 0.29) is 34.6 Å². The van der Waals surface area contributed by atoms with Gasteiger partial charge in [0.1, 0.15) is 23.0 Å². The fraction of sp³-hybridized carbons (Fsp3) is 0.176. The number of aromatic nitrogens is 1. The predicted molar refractivity (Wildman–Crippen MR) is 96.8 cm³/mol. The molecule has 0 saturated heterocycles. The summed E-state index contributed by atoms with van der Waals surface area (Å²) >= 11 is 7.20. The van der Waals surface area contributed by atoms with Crippen LogP contribution in [-0.4, -0.2) is 16.6 Å². The molecule has 0 bridgehead atoms. The number of nitrogen functional groups attached to an aromatic ring is 1. The molecule has 2 rings (SSSR count). The van der Waals surface area contributed by atoms with Crippen molar-refractivity contribution in [3.8, 4) is 12.1 Å². The van der Waals surface area contributed by atoms with Crippen molar-refractivity contribution in [2.24, 2.45) is 0 Å². The van der Waals surface area contributed by atoms with E-state index in [2.05, 4.69) is 10.3 Å². The van der Waals surface area contributed by atoms with Crippen molar-refractivity contribution in [2.75, 3.05) is 11.5 Å². The number of hydrogen-bond acceptors (Lipinski definition) is 6. The summed E-state index contributed by atoms with van der Waals surface area (Å²) in [4.78, 5) is 16.2. The predicted octanol–water partition coefficient (Wildman–Crippen LogP) is 3.03. The number of nitrogens with two attached hydrogens (primary N) is 1. The molecule has 126 valence electrons. The van der Waals surface area contributed by atoms with Crippen LogP contribution in [0.4, 0.5) is 5.82 Å². The molecule has 0 unspecified atom stereocenters. The molecule has 0 spiro atoms. The maximum atomic E-state index is 12.1. The lowest BCUT2D eigenvalue weighted by Gasteiger charge is -2.15. The molecule has 0 fully saturated rings. The van der Waals surface area contributed by atoms with E-state index in [4.69, 9.17) is 27.9 Å². The van der Waals surface area contributed by atoms with E-state index in [1.165, 1.54) is 6.07 Å². The first-order valence-electron chi connectivity index (χ1n) is 7.23. The van der Waals surface area contributed by atoms with Crippen LogP contribution in [0.5, 0.6) is 0 Å². The zero-order valence-electron chi connectivity index (χ0n) is 13.3. The van der Waals surface area contributed by atoms with Crippen LogP contribution in [0.25, 0.3) is 0 Å². The number of anilines is 1. The lowest BCUT2D eigenvalue weighted by atomic mass is 10.1. The van der Waals surface area contributed by atoms with E-state index in [0.717, 1.165) is 17.3 Å². The molecule has 0 aliphatic heterocycles. The third kappa shape index (κ3) is 4.63. The summed E-state index contributed by atoms with van der Waals surface area (Å²) in [5.74, 6) is -0.137. The minimum Gasteiger partial charge on any atom is -0.383 e. The minimum absolute atomic E-state index is 0.0360. The van der Waals surface area contributed by atoms with Crippen molar-refractivity contribution >= 4 is 35.1 Å². The Bertz CT molecular complexity index is 888. The molecule has 0 aliphatic carbocycles. The minimum atomic E-state index is -0.253. The van der Waals surface area contributed by atoms with Gasteiger partial charge >= 0.3 is 0 Å². The van der Waals surface area contributed by atoms with Gasteiger partial charge in [-0.25, -0.2) is 4.98 Å². The number of pyridine rings is 1. The van der Waals surface area contributed by atoms with Gasteiger partial charge in [0.15, 0.2) is 0 Å². The lowest BCUT2D eigenvalue weighted by molar-refractivity contribution is -0.119. The number of benzene rings is 1. The molecule has 2 aromatic rings. The van der Waals surface area contributed by atoms with Crippen LogP contribution < -0.4 is 11.1 Å². The zero-order chi connectivity index (χ0) is 18.4. The number of rotatable bonds is 5. The number of halogens is 1. The highest BCUT2D eigenvalue weighted by Gasteiger charge is 2.15. The van der Waals surface area contributed by atoms with Crippen molar-refractivity contribution in [1.29, 1.82) is 10.5 Å². The summed E-state index contributed by atoms with van der Waals surface area (Å²) in [7, 11) is 0. The Morgan fingerprint density at radius 1 is 1.36 bits per heavy atom. The summed E-state index contributed by atoms with van der Waals surface area (Å²) in [6.07, 6.45) is 0. The van der Waals surface area contributed by atoms with Gasteiger partial charge in [-0.15, -0.1) is 0 Å². The van der Waals surface area contributed by atoms with Crippen LogP contribution in [0.2, 0.25) is 5.02 Å². The molecule has 6 nitrogen and oxygen atoms in total. The summed E-state index contributed by atoms with van der Waals surface area (Å²) in [5, 5.41) is 21.8. The van der Waals surface area contributed by atoms with Crippen LogP contribution >= 0.6 is 23.4 Å². The van der Waals surface area contributed by atoms with Gasteiger partial charge in [0.2, 0.25) is 5.91 Å². The summed E-state index contributed by atoms with van der Waals surface area (Å²) in [5.41, 5.74) is 6.83. The lowest BCUT2D eigenvalue weighted by Crippen LogP contribution is -2.28. The molecular weight excluding hydrogens is 358 g/mol. The molecule has 1 aromatic carbocycles. The van der Waals surface area contributed by atoms with Crippen molar-refractivity contribution < 1.29 is 4.79 Å². The SMILES string of the molecule is C[C@@H](NC(=O)CSc1nc(N)c(C#N)cc1C#N)c1ccccc1Cl. The molecule has 25 heavy (non-hydrogen) atoms. The molecule has 0 aliphatic rings. The molecule has 1 aromatic heterocycles. The summed E-state index contributed by atoms with van der Waals surface area (Å²) in [6.45, 7) is 1.84. The van der Waals surface area contributed by atoms with Gasteiger partial charge in [0, 0.05) is 5.02 Å². The van der Waals surface area contributed by atoms with Crippen molar-refractivity contribution in [3.05, 3.63) is 52.0 Å². The molecule has 0 saturated carbocycles. The Balaban J connectivity index is 2.03. The van der Waals surface area contributed by atoms with Crippen LogP contribution in [0.3, 0.4) is 0 Å². The Kier molecular flexibility index (Phi) is 6.24. The second-order valence-electron chi connectivity index (χ2n) is 5.10. The topological polar surface area (TPSA) is 116 Å². The van der Waals surface area contributed by atoms with E-state index in [1.807, 2.05) is 37.3 Å². The number of carbonyl (C=O) groups excluding carboxylic acids is 1. The van der Waals surface area contributed by atoms with Gasteiger partial charge < -0.3 is 11.1 Å². The van der Waals surface area contributed by atoms with E-state index in [9.17, 15) is 4.79 Å². The number of nitriles is 2. The quantitative estimate of drug-likeness (QED) is 0.780. The maximum Gasteiger partial charge on any atom is 0.230 e. The highest BCUT2D eigenvalue weighted by molar-refractivity contribution is 8.00. The molecule has 1 atom stereocenters. The molecule has 1 heterocycles. The molecule has 0 radical (unpaired) electrons. The number of carbonyl (C=O) groups is 1. The Hall–Kier alpha value is -2.74. The van der Waals surface area contributed by atoms with Crippen LogP contribution in [0, 0.1) is 22.7 Å². The first-order chi connectivity index (χ1) is 12.0. The van der Waals surface area contributed by atoms with Gasteiger partial charge in [-0.3, -0.25) is 4.79 Å². The van der Waals surface area contributed by atoms with E-state index in [1.54, 1.807) is 6.07 Å². The molecule has 8 heteroatoms. The largest absolute Gasteiger partial charge is 0.383 e. The van der Waals surface area contributed by atoms with Gasteiger partial charge in [-0.1, -0.05) is 41.6 Å². The van der Waals surface area contributed by atoms with Gasteiger partial charge in [-0.05, 0) is 24.6 Å². The fourth-order valence-electron chi connectivity index (χ4n) is 2.11. The van der Waals surface area contributed by atoms with Crippen LogP contribution in [-0.2, 0) is 4.79 Å². The van der Waals surface area contributed by atoms with E-state index >= 15 is 0 Å². The van der Waals surface area contributed by atoms with Gasteiger partial charge in [0.25, 0.3) is 0 Å². The van der Waals surface area contributed by atoms with Crippen molar-refractivity contribution in [2.45, 2.75) is 18.0 Å². The van der Waals surface area contributed by atoms with Crippen molar-refractivity contribution in [3.63, 3.8) is 0 Å². The molecular formula is C17H14ClN5OS. The normalized spacial score (nSPS) is 11.2. The third-order valence-electron chi connectivity index (χ3n) is 3.35. The first-order valence-corrected chi connectivity index (χ1v) is 8.60. The summed E-state index contributed by atoms with van der Waals surface area (Å²) in [6, 6.07) is 12.2. The fourth-order valence-corrected chi connectivity index (χ4v) is 3.18. The number of nitrogens with one attached hydrogen (secondary N) is 1. The van der Waals surface area contributed by atoms with Crippen molar-refractivity contribution in [1.82, 2.24) is 10.3 Å². The van der Waals surface area contributed by atoms with Gasteiger partial charge in [-0.2, -0.15) is 10.5 Å². The number of hydrogen-bond donors (Lipinski definition) is 2. The highest BCUT2D eigenvalue weighted by Crippen LogP contribution is 2.25. The first kappa shape index (κ1) is 18.6. The smallest absolute Gasteiger partial charge is 0.230 e. The van der Waals surface area contributed by atoms with Gasteiger partial charge in [0.05, 0.1) is 22.9 Å². The second-order valence-corrected chi connectivity index (χ2v) is 6.47. The molecule has 1 amide bonds. The maximum absolute atomic E-state index is 12.1. The number of thioether (sulfide) groups is 1. The summed E-state index contributed by atoms with van der Waals surface area (Å²) < 4.78 is 0. The van der Waals surface area contributed by atoms with Crippen LogP contribution in [0.1, 0.15) is 29.7 Å². The average molecular weight is 372 g/mol. The number of amides is 1. The highest BCUT2D eigenvalue weighted by atomic mass is 35.5. The van der Waals surface area contributed by atoms with Crippen LogP contribution in [0.15, 0.2) is 35.4 Å². The Morgan fingerprint density at radius 3 is 2.68 bits per heavy atom. The monoisotopic (exact) mass is 371 g/mol. The standard InChI is InChI=1S/C17H14ClN5OS/c1-10(13-4-2-3-5-14(13)18)22-15(24)9-25-17-12(8-20)6-11(7-19)16(21)23-17/h2-6,10H,9H2,1H3,(H2,21,23)(H,22,24)/t10-/m1/s1. The average Bonchev–Trinajstić information content (AvgIpc) is 2.60. The zero-order valence-corrected chi connectivity index (χ0v) is 14.9. The van der Waals surface area contributed by atoms with E-state index in [0.29, 0.717) is 10.0 Å². The van der Waals surface area contributed by atoms with E-state index < -0.39 is 0 Å². The second kappa shape index (κ2) is 8.39. The third-order valence-corrected chi connectivity index (χ3v) is 4.68.